The number of nitrogens with one attached hydrogen (secondary N) is 1. The first kappa shape index (κ1) is 13.9. The van der Waals surface area contributed by atoms with Crippen LogP contribution in [0.2, 0.25) is 0 Å². The van der Waals surface area contributed by atoms with Gasteiger partial charge in [0, 0.05) is 36.3 Å². The first-order valence-electron chi connectivity index (χ1n) is 7.50. The van der Waals surface area contributed by atoms with Crippen molar-refractivity contribution in [3.05, 3.63) is 54.1 Å². The highest BCUT2D eigenvalue weighted by Gasteiger charge is 2.35. The van der Waals surface area contributed by atoms with Crippen LogP contribution in [-0.2, 0) is 11.2 Å². The zero-order chi connectivity index (χ0) is 14.8. The normalized spacial score (nSPS) is 21.8. The van der Waals surface area contributed by atoms with Crippen LogP contribution in [0.4, 0.5) is 0 Å². The Balaban J connectivity index is 1.85. The number of hydrogen-bond donors (Lipinski definition) is 1. The van der Waals surface area contributed by atoms with Gasteiger partial charge in [-0.25, -0.2) is 4.98 Å². The van der Waals surface area contributed by atoms with Crippen molar-refractivity contribution in [1.82, 2.24) is 14.9 Å². The van der Waals surface area contributed by atoms with Gasteiger partial charge in [-0.15, -0.1) is 0 Å². The number of imidazole rings is 1. The number of aromatic nitrogens is 2. The lowest BCUT2D eigenvalue weighted by molar-refractivity contribution is -0.119. The molecule has 0 bridgehead atoms. The van der Waals surface area contributed by atoms with E-state index in [4.69, 9.17) is 0 Å². The van der Waals surface area contributed by atoms with E-state index < -0.39 is 0 Å². The summed E-state index contributed by atoms with van der Waals surface area (Å²) in [6, 6.07) is 10.8. The van der Waals surface area contributed by atoms with Gasteiger partial charge in [0.25, 0.3) is 0 Å². The molecule has 1 saturated heterocycles. The van der Waals surface area contributed by atoms with Crippen LogP contribution in [0.1, 0.15) is 43.5 Å². The van der Waals surface area contributed by atoms with Gasteiger partial charge >= 0.3 is 0 Å². The highest BCUT2D eigenvalue weighted by Crippen LogP contribution is 2.31. The molecule has 2 atom stereocenters. The van der Waals surface area contributed by atoms with Gasteiger partial charge in [0.05, 0.1) is 6.33 Å². The summed E-state index contributed by atoms with van der Waals surface area (Å²) in [7, 11) is 0. The third-order valence-electron chi connectivity index (χ3n) is 4.17. The maximum absolute atomic E-state index is 11.9. The van der Waals surface area contributed by atoms with Crippen molar-refractivity contribution in [2.45, 2.75) is 44.7 Å². The summed E-state index contributed by atoms with van der Waals surface area (Å²) >= 11 is 0. The zero-order valence-electron chi connectivity index (χ0n) is 12.5. The predicted molar refractivity (Wildman–Crippen MR) is 82.0 cm³/mol. The monoisotopic (exact) mass is 283 g/mol. The molecule has 2 aromatic rings. The van der Waals surface area contributed by atoms with Gasteiger partial charge in [-0.05, 0) is 25.8 Å². The molecule has 2 heterocycles. The molecule has 0 radical (unpaired) electrons. The van der Waals surface area contributed by atoms with Gasteiger partial charge < -0.3 is 9.88 Å². The SMILES string of the molecule is CC(C)n1cncc1C1CC(=O)NC1Cc1ccccc1. The van der Waals surface area contributed by atoms with Gasteiger partial charge in [-0.3, -0.25) is 4.79 Å². The molecule has 1 aromatic heterocycles. The Hall–Kier alpha value is -2.10. The lowest BCUT2D eigenvalue weighted by Gasteiger charge is -2.22. The van der Waals surface area contributed by atoms with E-state index in [1.54, 1.807) is 0 Å². The average Bonchev–Trinajstić information content (AvgIpc) is 3.06. The van der Waals surface area contributed by atoms with Crippen LogP contribution in [0, 0.1) is 0 Å². The molecule has 4 nitrogen and oxygen atoms in total. The molecule has 1 N–H and O–H groups in total. The smallest absolute Gasteiger partial charge is 0.220 e. The van der Waals surface area contributed by atoms with Crippen molar-refractivity contribution in [1.29, 1.82) is 0 Å². The summed E-state index contributed by atoms with van der Waals surface area (Å²) in [6.45, 7) is 4.28. The van der Waals surface area contributed by atoms with E-state index in [1.807, 2.05) is 30.7 Å². The van der Waals surface area contributed by atoms with Crippen molar-refractivity contribution >= 4 is 5.91 Å². The van der Waals surface area contributed by atoms with E-state index in [2.05, 4.69) is 40.8 Å². The van der Waals surface area contributed by atoms with Crippen LogP contribution in [0.15, 0.2) is 42.9 Å². The lowest BCUT2D eigenvalue weighted by Crippen LogP contribution is -2.31. The topological polar surface area (TPSA) is 46.9 Å². The van der Waals surface area contributed by atoms with E-state index in [0.29, 0.717) is 12.5 Å². The highest BCUT2D eigenvalue weighted by atomic mass is 16.2. The lowest BCUT2D eigenvalue weighted by atomic mass is 9.92. The molecule has 1 aromatic carbocycles. The first-order chi connectivity index (χ1) is 10.1. The first-order valence-corrected chi connectivity index (χ1v) is 7.50. The van der Waals surface area contributed by atoms with Gasteiger partial charge in [0.2, 0.25) is 5.91 Å². The summed E-state index contributed by atoms with van der Waals surface area (Å²) < 4.78 is 2.17. The number of carbonyl (C=O) groups is 1. The maximum Gasteiger partial charge on any atom is 0.220 e. The van der Waals surface area contributed by atoms with E-state index in [-0.39, 0.29) is 17.9 Å². The molecule has 0 aliphatic carbocycles. The number of nitrogens with zero attached hydrogens (tertiary/aromatic N) is 2. The molecular weight excluding hydrogens is 262 g/mol. The molecule has 4 heteroatoms. The van der Waals surface area contributed by atoms with Crippen LogP contribution in [0.25, 0.3) is 0 Å². The summed E-state index contributed by atoms with van der Waals surface area (Å²) in [5, 5.41) is 3.13. The second-order valence-corrected chi connectivity index (χ2v) is 5.99. The largest absolute Gasteiger partial charge is 0.352 e. The van der Waals surface area contributed by atoms with E-state index in [9.17, 15) is 4.79 Å². The number of benzene rings is 1. The summed E-state index contributed by atoms with van der Waals surface area (Å²) in [5.74, 6) is 0.333. The number of hydrogen-bond acceptors (Lipinski definition) is 2. The Labute approximate surface area is 125 Å². The predicted octanol–water partition coefficient (Wildman–Crippen LogP) is 2.68. The van der Waals surface area contributed by atoms with Crippen LogP contribution < -0.4 is 5.32 Å². The quantitative estimate of drug-likeness (QED) is 0.937. The molecule has 1 amide bonds. The fourth-order valence-corrected chi connectivity index (χ4v) is 3.11. The van der Waals surface area contributed by atoms with Gasteiger partial charge in [0.1, 0.15) is 0 Å². The Morgan fingerprint density at radius 1 is 1.33 bits per heavy atom. The Bertz CT molecular complexity index is 618. The maximum atomic E-state index is 11.9. The van der Waals surface area contributed by atoms with Crippen LogP contribution in [-0.4, -0.2) is 21.5 Å². The molecule has 110 valence electrons. The van der Waals surface area contributed by atoms with E-state index in [0.717, 1.165) is 12.1 Å². The summed E-state index contributed by atoms with van der Waals surface area (Å²) in [5.41, 5.74) is 2.41. The molecule has 2 unspecified atom stereocenters. The average molecular weight is 283 g/mol. The second-order valence-electron chi connectivity index (χ2n) is 5.99. The molecule has 1 aliphatic heterocycles. The molecule has 3 rings (SSSR count). The van der Waals surface area contributed by atoms with Crippen molar-refractivity contribution in [3.63, 3.8) is 0 Å². The number of carbonyl (C=O) groups excluding carboxylic acids is 1. The van der Waals surface area contributed by atoms with Gasteiger partial charge in [-0.2, -0.15) is 0 Å². The van der Waals surface area contributed by atoms with E-state index in [1.165, 1.54) is 5.56 Å². The molecule has 21 heavy (non-hydrogen) atoms. The minimum Gasteiger partial charge on any atom is -0.352 e. The minimum atomic E-state index is 0.137. The van der Waals surface area contributed by atoms with Crippen LogP contribution in [0.5, 0.6) is 0 Å². The molecular formula is C17H21N3O. The fourth-order valence-electron chi connectivity index (χ4n) is 3.11. The standard InChI is InChI=1S/C17H21N3O/c1-12(2)20-11-18-10-16(20)14-9-17(21)19-15(14)8-13-6-4-3-5-7-13/h3-7,10-12,14-15H,8-9H2,1-2H3,(H,19,21). The number of amides is 1. The Morgan fingerprint density at radius 3 is 2.81 bits per heavy atom. The molecule has 1 fully saturated rings. The van der Waals surface area contributed by atoms with Crippen molar-refractivity contribution in [3.8, 4) is 0 Å². The Kier molecular flexibility index (Phi) is 3.78. The Morgan fingerprint density at radius 2 is 2.10 bits per heavy atom. The summed E-state index contributed by atoms with van der Waals surface area (Å²) in [4.78, 5) is 16.2. The van der Waals surface area contributed by atoms with Crippen LogP contribution in [0.3, 0.4) is 0 Å². The van der Waals surface area contributed by atoms with Crippen molar-refractivity contribution in [2.75, 3.05) is 0 Å². The minimum absolute atomic E-state index is 0.137. The molecule has 1 aliphatic rings. The zero-order valence-corrected chi connectivity index (χ0v) is 12.5. The van der Waals surface area contributed by atoms with Gasteiger partial charge in [-0.1, -0.05) is 30.3 Å². The highest BCUT2D eigenvalue weighted by molar-refractivity contribution is 5.80. The van der Waals surface area contributed by atoms with Gasteiger partial charge in [0.15, 0.2) is 0 Å². The molecule has 0 spiro atoms. The van der Waals surface area contributed by atoms with Crippen molar-refractivity contribution < 1.29 is 4.79 Å². The summed E-state index contributed by atoms with van der Waals surface area (Å²) in [6.07, 6.45) is 5.18. The van der Waals surface area contributed by atoms with Crippen molar-refractivity contribution in [2.24, 2.45) is 0 Å². The van der Waals surface area contributed by atoms with E-state index >= 15 is 0 Å². The number of rotatable bonds is 4. The van der Waals surface area contributed by atoms with Crippen LogP contribution >= 0.6 is 0 Å². The fraction of sp³-hybridized carbons (Fsp3) is 0.412. The molecule has 0 saturated carbocycles. The third-order valence-corrected chi connectivity index (χ3v) is 4.17. The third kappa shape index (κ3) is 2.84. The second kappa shape index (κ2) is 5.72.